The maximum atomic E-state index is 12.9. The first-order chi connectivity index (χ1) is 8.49. The molecule has 1 aromatic rings. The second-order valence-corrected chi connectivity index (χ2v) is 5.04. The molecule has 2 rings (SSSR count). The average Bonchev–Trinajstić information content (AvgIpc) is 2.71. The van der Waals surface area contributed by atoms with Crippen LogP contribution < -0.4 is 0 Å². The van der Waals surface area contributed by atoms with Gasteiger partial charge in [-0.2, -0.15) is 0 Å². The monoisotopic (exact) mass is 251 g/mol. The summed E-state index contributed by atoms with van der Waals surface area (Å²) in [4.78, 5) is 13.0. The van der Waals surface area contributed by atoms with Crippen LogP contribution in [0.3, 0.4) is 0 Å². The lowest BCUT2D eigenvalue weighted by molar-refractivity contribution is -0.142. The first-order valence-electron chi connectivity index (χ1n) is 6.23. The number of benzene rings is 1. The van der Waals surface area contributed by atoms with Crippen LogP contribution in [0.5, 0.6) is 0 Å². The number of carboxylic acid groups (broad SMARTS) is 1. The predicted molar refractivity (Wildman–Crippen MR) is 67.0 cm³/mol. The van der Waals surface area contributed by atoms with Crippen LogP contribution in [0.4, 0.5) is 4.39 Å². The summed E-state index contributed by atoms with van der Waals surface area (Å²) < 4.78 is 12.9. The van der Waals surface area contributed by atoms with Gasteiger partial charge in [-0.25, -0.2) is 4.39 Å². The summed E-state index contributed by atoms with van der Waals surface area (Å²) in [5.74, 6) is -0.732. The molecule has 3 nitrogen and oxygen atoms in total. The number of likely N-dealkylation sites (tertiary alicyclic amines) is 1. The van der Waals surface area contributed by atoms with E-state index in [1.54, 1.807) is 19.1 Å². The third-order valence-corrected chi connectivity index (χ3v) is 3.82. The Hall–Kier alpha value is -1.42. The maximum absolute atomic E-state index is 12.9. The Kier molecular flexibility index (Phi) is 3.66. The largest absolute Gasteiger partial charge is 0.480 e. The highest BCUT2D eigenvalue weighted by molar-refractivity contribution is 5.73. The number of hydrogen-bond donors (Lipinski definition) is 1. The van der Waals surface area contributed by atoms with E-state index in [1.807, 2.05) is 11.8 Å². The Bertz CT molecular complexity index is 432. The summed E-state index contributed by atoms with van der Waals surface area (Å²) in [5, 5.41) is 9.06. The quantitative estimate of drug-likeness (QED) is 0.897. The van der Waals surface area contributed by atoms with E-state index in [1.165, 1.54) is 12.1 Å². The van der Waals surface area contributed by atoms with Crippen LogP contribution in [0.15, 0.2) is 24.3 Å². The van der Waals surface area contributed by atoms with Gasteiger partial charge in [0.2, 0.25) is 0 Å². The van der Waals surface area contributed by atoms with E-state index in [4.69, 9.17) is 5.11 Å². The molecular weight excluding hydrogens is 233 g/mol. The fourth-order valence-electron chi connectivity index (χ4n) is 2.71. The van der Waals surface area contributed by atoms with Gasteiger partial charge in [0.1, 0.15) is 11.9 Å². The van der Waals surface area contributed by atoms with Crippen molar-refractivity contribution in [2.45, 2.75) is 38.3 Å². The molecule has 4 heteroatoms. The molecule has 1 aromatic carbocycles. The highest BCUT2D eigenvalue weighted by Gasteiger charge is 2.35. The maximum Gasteiger partial charge on any atom is 0.320 e. The Labute approximate surface area is 106 Å². The minimum atomic E-state index is -0.790. The molecule has 0 aliphatic carbocycles. The van der Waals surface area contributed by atoms with Gasteiger partial charge < -0.3 is 5.11 Å². The Balaban J connectivity index is 2.11. The number of aliphatic carboxylic acids is 1. The first-order valence-corrected chi connectivity index (χ1v) is 6.23. The van der Waals surface area contributed by atoms with Crippen LogP contribution in [0.1, 0.15) is 31.7 Å². The number of carbonyl (C=O) groups is 1. The van der Waals surface area contributed by atoms with Gasteiger partial charge in [-0.1, -0.05) is 12.1 Å². The first kappa shape index (κ1) is 13.0. The number of hydrogen-bond acceptors (Lipinski definition) is 2. The predicted octanol–water partition coefficient (Wildman–Crippen LogP) is 2.48. The third-order valence-electron chi connectivity index (χ3n) is 3.82. The SMILES string of the molecule is C[C@@H]1C[C@@H](c2ccc(F)cc2)CN1[C@H](C)C(=O)O. The van der Waals surface area contributed by atoms with Gasteiger partial charge in [-0.3, -0.25) is 9.69 Å². The molecule has 0 radical (unpaired) electrons. The van der Waals surface area contributed by atoms with Crippen LogP contribution >= 0.6 is 0 Å². The molecule has 1 saturated heterocycles. The molecule has 0 amide bonds. The van der Waals surface area contributed by atoms with Crippen LogP contribution in [0, 0.1) is 5.82 Å². The average molecular weight is 251 g/mol. The summed E-state index contributed by atoms with van der Waals surface area (Å²) in [6, 6.07) is 6.28. The molecule has 0 unspecified atom stereocenters. The van der Waals surface area contributed by atoms with Crippen LogP contribution in [-0.2, 0) is 4.79 Å². The van der Waals surface area contributed by atoms with Gasteiger partial charge in [0, 0.05) is 12.6 Å². The highest BCUT2D eigenvalue weighted by Crippen LogP contribution is 2.32. The van der Waals surface area contributed by atoms with E-state index < -0.39 is 12.0 Å². The smallest absolute Gasteiger partial charge is 0.320 e. The van der Waals surface area contributed by atoms with Gasteiger partial charge >= 0.3 is 5.97 Å². The van der Waals surface area contributed by atoms with E-state index in [-0.39, 0.29) is 11.9 Å². The topological polar surface area (TPSA) is 40.5 Å². The zero-order valence-corrected chi connectivity index (χ0v) is 10.6. The summed E-state index contributed by atoms with van der Waals surface area (Å²) in [5.41, 5.74) is 1.09. The van der Waals surface area contributed by atoms with Gasteiger partial charge in [-0.05, 0) is 43.9 Å². The van der Waals surface area contributed by atoms with E-state index in [2.05, 4.69) is 0 Å². The number of carboxylic acids is 1. The Morgan fingerprint density at radius 3 is 2.61 bits per heavy atom. The fraction of sp³-hybridized carbons (Fsp3) is 0.500. The molecule has 0 bridgehead atoms. The summed E-state index contributed by atoms with van der Waals surface area (Å²) in [6.07, 6.45) is 0.920. The van der Waals surface area contributed by atoms with Crippen molar-refractivity contribution in [3.8, 4) is 0 Å². The van der Waals surface area contributed by atoms with E-state index in [0.717, 1.165) is 18.5 Å². The summed E-state index contributed by atoms with van der Waals surface area (Å²) in [7, 11) is 0. The normalized spacial score (nSPS) is 26.2. The lowest BCUT2D eigenvalue weighted by Crippen LogP contribution is -2.41. The van der Waals surface area contributed by atoms with Crippen molar-refractivity contribution in [2.24, 2.45) is 0 Å². The van der Waals surface area contributed by atoms with E-state index in [9.17, 15) is 9.18 Å². The molecule has 0 aromatic heterocycles. The Morgan fingerprint density at radius 1 is 1.44 bits per heavy atom. The van der Waals surface area contributed by atoms with Gasteiger partial charge in [0.25, 0.3) is 0 Å². The molecule has 3 atom stereocenters. The van der Waals surface area contributed by atoms with Crippen molar-refractivity contribution in [2.75, 3.05) is 6.54 Å². The number of rotatable bonds is 3. The van der Waals surface area contributed by atoms with Crippen molar-refractivity contribution in [1.29, 1.82) is 0 Å². The lowest BCUT2D eigenvalue weighted by atomic mass is 9.97. The van der Waals surface area contributed by atoms with Gasteiger partial charge in [0.15, 0.2) is 0 Å². The zero-order valence-electron chi connectivity index (χ0n) is 10.6. The van der Waals surface area contributed by atoms with Crippen molar-refractivity contribution in [1.82, 2.24) is 4.90 Å². The highest BCUT2D eigenvalue weighted by atomic mass is 19.1. The third kappa shape index (κ3) is 2.53. The summed E-state index contributed by atoms with van der Waals surface area (Å²) >= 11 is 0. The molecule has 0 saturated carbocycles. The summed E-state index contributed by atoms with van der Waals surface area (Å²) in [6.45, 7) is 4.48. The van der Waals surface area contributed by atoms with Crippen LogP contribution in [0.2, 0.25) is 0 Å². The molecule has 1 N–H and O–H groups in total. The minimum absolute atomic E-state index is 0.236. The number of halogens is 1. The Morgan fingerprint density at radius 2 is 2.06 bits per heavy atom. The molecule has 98 valence electrons. The van der Waals surface area contributed by atoms with Crippen molar-refractivity contribution in [3.63, 3.8) is 0 Å². The minimum Gasteiger partial charge on any atom is -0.480 e. The van der Waals surface area contributed by atoms with Gasteiger partial charge in [0.05, 0.1) is 0 Å². The van der Waals surface area contributed by atoms with E-state index in [0.29, 0.717) is 5.92 Å². The molecule has 18 heavy (non-hydrogen) atoms. The molecule has 1 fully saturated rings. The molecular formula is C14H18FNO2. The second-order valence-electron chi connectivity index (χ2n) is 5.04. The standard InChI is InChI=1S/C14H18FNO2/c1-9-7-12(8-16(9)10(2)14(17)18)11-3-5-13(15)6-4-11/h3-6,9-10,12H,7-8H2,1-2H3,(H,17,18)/t9-,10-,12-/m1/s1. The van der Waals surface area contributed by atoms with Crippen LogP contribution in [-0.4, -0.2) is 34.6 Å². The molecule has 1 aliphatic heterocycles. The van der Waals surface area contributed by atoms with Crippen molar-refractivity contribution in [3.05, 3.63) is 35.6 Å². The number of nitrogens with zero attached hydrogens (tertiary/aromatic N) is 1. The molecule has 1 heterocycles. The van der Waals surface area contributed by atoms with Crippen molar-refractivity contribution < 1.29 is 14.3 Å². The van der Waals surface area contributed by atoms with E-state index >= 15 is 0 Å². The zero-order chi connectivity index (χ0) is 13.3. The fourth-order valence-corrected chi connectivity index (χ4v) is 2.71. The molecule has 0 spiro atoms. The second kappa shape index (κ2) is 5.06. The molecule has 1 aliphatic rings. The van der Waals surface area contributed by atoms with Crippen molar-refractivity contribution >= 4 is 5.97 Å². The van der Waals surface area contributed by atoms with Gasteiger partial charge in [-0.15, -0.1) is 0 Å². The van der Waals surface area contributed by atoms with Crippen LogP contribution in [0.25, 0.3) is 0 Å². The lowest BCUT2D eigenvalue weighted by Gasteiger charge is -2.25.